The first-order chi connectivity index (χ1) is 15.6. The number of hydrogen-bond acceptors (Lipinski definition) is 6. The molecule has 1 amide bonds. The summed E-state index contributed by atoms with van der Waals surface area (Å²) in [6.45, 7) is 1.01. The smallest absolute Gasteiger partial charge is 0.416 e. The van der Waals surface area contributed by atoms with E-state index in [0.29, 0.717) is 23.1 Å². The van der Waals surface area contributed by atoms with Crippen molar-refractivity contribution in [2.24, 2.45) is 0 Å². The van der Waals surface area contributed by atoms with Gasteiger partial charge in [-0.15, -0.1) is 0 Å². The fraction of sp³-hybridized carbons (Fsp3) is 0.318. The molecular formula is C22H22F3N3O5. The summed E-state index contributed by atoms with van der Waals surface area (Å²) in [5.74, 6) is 0.912. The number of ether oxygens (including phenoxy) is 2. The van der Waals surface area contributed by atoms with Gasteiger partial charge < -0.3 is 19.3 Å². The highest BCUT2D eigenvalue weighted by molar-refractivity contribution is 5.92. The van der Waals surface area contributed by atoms with Crippen molar-refractivity contribution >= 4 is 23.4 Å². The average Bonchev–Trinajstić information content (AvgIpc) is 2.81. The topological polar surface area (TPSA) is 85.2 Å². The third kappa shape index (κ3) is 5.54. The maximum Gasteiger partial charge on any atom is 0.416 e. The van der Waals surface area contributed by atoms with Crippen molar-refractivity contribution < 1.29 is 32.4 Å². The Morgan fingerprint density at radius 3 is 2.33 bits per heavy atom. The Bertz CT molecular complexity index is 1060. The minimum atomic E-state index is -4.67. The van der Waals surface area contributed by atoms with Crippen LogP contribution >= 0.6 is 0 Å². The lowest BCUT2D eigenvalue weighted by Crippen LogP contribution is -2.48. The number of carbonyl (C=O) groups excluding carboxylic acids is 1. The Kier molecular flexibility index (Phi) is 7.10. The number of halogens is 3. The van der Waals surface area contributed by atoms with Crippen molar-refractivity contribution in [3.05, 3.63) is 63.7 Å². The van der Waals surface area contributed by atoms with Crippen molar-refractivity contribution in [1.29, 1.82) is 0 Å². The van der Waals surface area contributed by atoms with Crippen LogP contribution in [0.1, 0.15) is 11.1 Å². The quantitative estimate of drug-likeness (QED) is 0.364. The van der Waals surface area contributed by atoms with Gasteiger partial charge in [0.1, 0.15) is 17.2 Å². The molecule has 2 aromatic carbocycles. The Hall–Kier alpha value is -3.76. The summed E-state index contributed by atoms with van der Waals surface area (Å²) in [6.07, 6.45) is -1.67. The van der Waals surface area contributed by atoms with E-state index in [0.717, 1.165) is 12.1 Å². The Morgan fingerprint density at radius 1 is 1.06 bits per heavy atom. The number of anilines is 1. The molecule has 0 aromatic heterocycles. The Morgan fingerprint density at radius 2 is 1.76 bits per heavy atom. The average molecular weight is 465 g/mol. The molecule has 0 N–H and O–H groups in total. The molecule has 0 spiro atoms. The maximum absolute atomic E-state index is 12.9. The van der Waals surface area contributed by atoms with E-state index in [-0.39, 0.29) is 37.8 Å². The van der Waals surface area contributed by atoms with Gasteiger partial charge in [-0.3, -0.25) is 14.9 Å². The second kappa shape index (κ2) is 9.80. The molecule has 176 valence electrons. The molecule has 0 radical (unpaired) electrons. The second-order valence-corrected chi connectivity index (χ2v) is 7.21. The zero-order chi connectivity index (χ0) is 24.2. The van der Waals surface area contributed by atoms with Gasteiger partial charge in [-0.25, -0.2) is 0 Å². The van der Waals surface area contributed by atoms with Crippen molar-refractivity contribution in [3.8, 4) is 11.5 Å². The van der Waals surface area contributed by atoms with Crippen LogP contribution in [0.25, 0.3) is 6.08 Å². The molecule has 0 bridgehead atoms. The first kappa shape index (κ1) is 23.9. The number of nitrogens with zero attached hydrogens (tertiary/aromatic N) is 3. The largest absolute Gasteiger partial charge is 0.497 e. The Labute approximate surface area is 188 Å². The summed E-state index contributed by atoms with van der Waals surface area (Å²) in [5, 5.41) is 11.4. The summed E-state index contributed by atoms with van der Waals surface area (Å²) < 4.78 is 49.3. The number of rotatable bonds is 6. The van der Waals surface area contributed by atoms with Gasteiger partial charge in [-0.1, -0.05) is 0 Å². The van der Waals surface area contributed by atoms with Crippen LogP contribution < -0.4 is 14.4 Å². The fourth-order valence-corrected chi connectivity index (χ4v) is 3.52. The maximum atomic E-state index is 12.9. The number of nitro groups is 1. The van der Waals surface area contributed by atoms with Crippen LogP contribution in [0.15, 0.2) is 42.5 Å². The standard InChI is InChI=1S/C22H22F3N3O5/c1-32-17-5-7-20(33-2)15(13-17)3-8-21(29)27-11-9-26(10-12-27)18-6-4-16(22(23,24)25)14-19(18)28(30)31/h3-8,13-14H,9-12H2,1-2H3/b8-3+. The van der Waals surface area contributed by atoms with Crippen molar-refractivity contribution in [3.63, 3.8) is 0 Å². The SMILES string of the molecule is COc1ccc(OC)c(/C=C/C(=O)N2CCN(c3ccc(C(F)(F)F)cc3[N+](=O)[O-])CC2)c1. The zero-order valence-electron chi connectivity index (χ0n) is 18.0. The van der Waals surface area contributed by atoms with Gasteiger partial charge in [-0.05, 0) is 36.4 Å². The molecule has 11 heteroatoms. The van der Waals surface area contributed by atoms with E-state index in [9.17, 15) is 28.1 Å². The van der Waals surface area contributed by atoms with Crippen molar-refractivity contribution in [2.45, 2.75) is 6.18 Å². The van der Waals surface area contributed by atoms with Gasteiger partial charge in [0.15, 0.2) is 0 Å². The number of methoxy groups -OCH3 is 2. The van der Waals surface area contributed by atoms with Crippen LogP contribution in [0.3, 0.4) is 0 Å². The summed E-state index contributed by atoms with van der Waals surface area (Å²) in [7, 11) is 3.04. The fourth-order valence-electron chi connectivity index (χ4n) is 3.52. The number of benzene rings is 2. The van der Waals surface area contributed by atoms with Gasteiger partial charge in [0.2, 0.25) is 5.91 Å². The molecule has 0 unspecified atom stereocenters. The number of hydrogen-bond donors (Lipinski definition) is 0. The van der Waals surface area contributed by atoms with E-state index in [4.69, 9.17) is 9.47 Å². The molecule has 33 heavy (non-hydrogen) atoms. The first-order valence-corrected chi connectivity index (χ1v) is 9.93. The molecule has 0 aliphatic carbocycles. The highest BCUT2D eigenvalue weighted by atomic mass is 19.4. The minimum Gasteiger partial charge on any atom is -0.497 e. The van der Waals surface area contributed by atoms with Gasteiger partial charge >= 0.3 is 6.18 Å². The molecule has 1 aliphatic rings. The summed E-state index contributed by atoms with van der Waals surface area (Å²) in [5.41, 5.74) is -0.944. The lowest BCUT2D eigenvalue weighted by atomic mass is 10.1. The third-order valence-electron chi connectivity index (χ3n) is 5.27. The van der Waals surface area contributed by atoms with Crippen LogP contribution in [-0.4, -0.2) is 56.1 Å². The van der Waals surface area contributed by atoms with Crippen LogP contribution in [0.4, 0.5) is 24.5 Å². The molecule has 0 atom stereocenters. The molecular weight excluding hydrogens is 443 g/mol. The molecule has 8 nitrogen and oxygen atoms in total. The lowest BCUT2D eigenvalue weighted by molar-refractivity contribution is -0.384. The van der Waals surface area contributed by atoms with Gasteiger partial charge in [0, 0.05) is 43.9 Å². The summed E-state index contributed by atoms with van der Waals surface area (Å²) in [6, 6.07) is 7.65. The van der Waals surface area contributed by atoms with E-state index >= 15 is 0 Å². The highest BCUT2D eigenvalue weighted by Crippen LogP contribution is 2.36. The zero-order valence-corrected chi connectivity index (χ0v) is 18.0. The molecule has 3 rings (SSSR count). The molecule has 2 aromatic rings. The molecule has 0 saturated carbocycles. The number of alkyl halides is 3. The predicted octanol–water partition coefficient (Wildman–Crippen LogP) is 3.99. The van der Waals surface area contributed by atoms with E-state index in [1.54, 1.807) is 34.1 Å². The first-order valence-electron chi connectivity index (χ1n) is 9.93. The van der Waals surface area contributed by atoms with Gasteiger partial charge in [0.25, 0.3) is 5.69 Å². The molecule has 1 aliphatic heterocycles. The number of nitro benzene ring substituents is 1. The minimum absolute atomic E-state index is 0.0942. The normalized spacial score (nSPS) is 14.5. The van der Waals surface area contributed by atoms with Crippen LogP contribution in [0, 0.1) is 10.1 Å². The van der Waals surface area contributed by atoms with Crippen LogP contribution in [0.2, 0.25) is 0 Å². The second-order valence-electron chi connectivity index (χ2n) is 7.21. The van der Waals surface area contributed by atoms with Crippen molar-refractivity contribution in [1.82, 2.24) is 4.90 Å². The summed E-state index contributed by atoms with van der Waals surface area (Å²) in [4.78, 5) is 26.3. The number of amides is 1. The molecule has 1 heterocycles. The molecule has 1 saturated heterocycles. The van der Waals surface area contributed by atoms with Crippen molar-refractivity contribution in [2.75, 3.05) is 45.3 Å². The predicted molar refractivity (Wildman–Crippen MR) is 115 cm³/mol. The van der Waals surface area contributed by atoms with E-state index in [1.165, 1.54) is 20.3 Å². The van der Waals surface area contributed by atoms with E-state index in [2.05, 4.69) is 0 Å². The van der Waals surface area contributed by atoms with Crippen LogP contribution in [-0.2, 0) is 11.0 Å². The van der Waals surface area contributed by atoms with Gasteiger partial charge in [0.05, 0.1) is 24.7 Å². The van der Waals surface area contributed by atoms with E-state index in [1.807, 2.05) is 0 Å². The monoisotopic (exact) mass is 465 g/mol. The summed E-state index contributed by atoms with van der Waals surface area (Å²) >= 11 is 0. The lowest BCUT2D eigenvalue weighted by Gasteiger charge is -2.35. The third-order valence-corrected chi connectivity index (χ3v) is 5.27. The van der Waals surface area contributed by atoms with Gasteiger partial charge in [-0.2, -0.15) is 13.2 Å². The van der Waals surface area contributed by atoms with E-state index < -0.39 is 22.4 Å². The highest BCUT2D eigenvalue weighted by Gasteiger charge is 2.34. The molecule has 1 fully saturated rings. The number of carbonyl (C=O) groups is 1. The Balaban J connectivity index is 1.70. The number of piperazine rings is 1. The van der Waals surface area contributed by atoms with Crippen LogP contribution in [0.5, 0.6) is 11.5 Å².